The van der Waals surface area contributed by atoms with Gasteiger partial charge in [-0.15, -0.1) is 0 Å². The van der Waals surface area contributed by atoms with E-state index in [4.69, 9.17) is 0 Å². The van der Waals surface area contributed by atoms with Crippen molar-refractivity contribution in [3.63, 3.8) is 0 Å². The maximum atomic E-state index is 13.1. The van der Waals surface area contributed by atoms with Gasteiger partial charge in [0.1, 0.15) is 22.8 Å². The Kier molecular flexibility index (Phi) is 3.77. The molecule has 4 nitrogen and oxygen atoms in total. The first kappa shape index (κ1) is 16.3. The highest BCUT2D eigenvalue weighted by molar-refractivity contribution is 7.92. The van der Waals surface area contributed by atoms with Gasteiger partial charge in [0.15, 0.2) is 9.84 Å². The van der Waals surface area contributed by atoms with Crippen molar-refractivity contribution in [2.45, 2.75) is 23.0 Å². The summed E-state index contributed by atoms with van der Waals surface area (Å²) >= 11 is 0. The number of nitriles is 1. The zero-order valence-electron chi connectivity index (χ0n) is 12.8. The highest BCUT2D eigenvalue weighted by Crippen LogP contribution is 2.62. The predicted molar refractivity (Wildman–Crippen MR) is 85.4 cm³/mol. The highest BCUT2D eigenvalue weighted by Gasteiger charge is 2.72. The quantitative estimate of drug-likeness (QED) is 0.800. The zero-order valence-corrected chi connectivity index (χ0v) is 13.6. The second-order valence-corrected chi connectivity index (χ2v) is 8.04. The number of hydrogen-bond donors (Lipinski definition) is 0. The van der Waals surface area contributed by atoms with Gasteiger partial charge in [0.05, 0.1) is 11.0 Å². The summed E-state index contributed by atoms with van der Waals surface area (Å²) in [6, 6.07) is 13.3. The molecule has 0 spiro atoms. The SMILES string of the molecule is Cc1ccc(S(=O)(=O)[C@H]2[C@H](c3ccc(F)cc3)[C@@]2(C#N)C=O)cc1. The molecule has 0 N–H and O–H groups in total. The van der Waals surface area contributed by atoms with Gasteiger partial charge in [-0.1, -0.05) is 29.8 Å². The van der Waals surface area contributed by atoms with E-state index in [9.17, 15) is 22.9 Å². The van der Waals surface area contributed by atoms with Gasteiger partial charge in [-0.05, 0) is 36.8 Å². The summed E-state index contributed by atoms with van der Waals surface area (Å²) in [7, 11) is -3.87. The normalized spacial score (nSPS) is 25.7. The van der Waals surface area contributed by atoms with Crippen LogP contribution in [-0.4, -0.2) is 20.0 Å². The summed E-state index contributed by atoms with van der Waals surface area (Å²) in [4.78, 5) is 11.6. The molecule has 0 aromatic heterocycles. The first-order valence-corrected chi connectivity index (χ1v) is 8.85. The summed E-state index contributed by atoms with van der Waals surface area (Å²) in [6.45, 7) is 1.83. The highest BCUT2D eigenvalue weighted by atomic mass is 32.2. The number of carbonyl (C=O) groups is 1. The molecule has 1 aliphatic rings. The van der Waals surface area contributed by atoms with Crippen LogP contribution in [-0.2, 0) is 14.6 Å². The van der Waals surface area contributed by atoms with Gasteiger partial charge in [-0.25, -0.2) is 12.8 Å². The average molecular weight is 343 g/mol. The maximum absolute atomic E-state index is 13.1. The fraction of sp³-hybridized carbons (Fsp3) is 0.222. The molecule has 1 aliphatic carbocycles. The Bertz CT molecular complexity index is 930. The molecule has 3 rings (SSSR count). The second kappa shape index (κ2) is 5.53. The standard InChI is InChI=1S/C18H14FNO3S/c1-12-2-8-15(9-3-12)24(22,23)17-16(18(17,10-20)11-21)13-4-6-14(19)7-5-13/h2-9,11,16-17H,1H3/t16-,17-,18+/m0/s1. The van der Waals surface area contributed by atoms with Crippen molar-refractivity contribution >= 4 is 16.1 Å². The zero-order chi connectivity index (χ0) is 17.5. The Hall–Kier alpha value is -2.52. The minimum Gasteiger partial charge on any atom is -0.302 e. The first-order chi connectivity index (χ1) is 11.4. The molecule has 2 aromatic rings. The number of aldehydes is 1. The molecule has 0 aliphatic heterocycles. The third-order valence-corrected chi connectivity index (χ3v) is 6.74. The van der Waals surface area contributed by atoms with Crippen LogP contribution < -0.4 is 0 Å². The lowest BCUT2D eigenvalue weighted by molar-refractivity contribution is -0.110. The maximum Gasteiger partial charge on any atom is 0.183 e. The Morgan fingerprint density at radius 1 is 1.12 bits per heavy atom. The van der Waals surface area contributed by atoms with Crippen LogP contribution in [0, 0.1) is 29.5 Å². The number of nitrogens with zero attached hydrogens (tertiary/aromatic N) is 1. The smallest absolute Gasteiger partial charge is 0.183 e. The van der Waals surface area contributed by atoms with Gasteiger partial charge in [0.2, 0.25) is 0 Å². The lowest BCUT2D eigenvalue weighted by atomic mass is 10.0. The molecule has 3 atom stereocenters. The molecule has 1 fully saturated rings. The minimum atomic E-state index is -3.87. The third kappa shape index (κ3) is 2.33. The van der Waals surface area contributed by atoms with Crippen LogP contribution in [0.5, 0.6) is 0 Å². The van der Waals surface area contributed by atoms with E-state index >= 15 is 0 Å². The summed E-state index contributed by atoms with van der Waals surface area (Å²) < 4.78 is 38.9. The summed E-state index contributed by atoms with van der Waals surface area (Å²) in [5.41, 5.74) is -0.269. The number of sulfone groups is 1. The number of hydrogen-bond acceptors (Lipinski definition) is 4. The van der Waals surface area contributed by atoms with E-state index in [0.29, 0.717) is 11.8 Å². The van der Waals surface area contributed by atoms with Gasteiger partial charge in [-0.3, -0.25) is 0 Å². The molecule has 0 amide bonds. The molecule has 24 heavy (non-hydrogen) atoms. The van der Waals surface area contributed by atoms with Gasteiger partial charge in [-0.2, -0.15) is 5.26 Å². The number of carbonyl (C=O) groups excluding carboxylic acids is 1. The van der Waals surface area contributed by atoms with Crippen molar-refractivity contribution < 1.29 is 17.6 Å². The predicted octanol–water partition coefficient (Wildman–Crippen LogP) is 2.78. The van der Waals surface area contributed by atoms with Crippen molar-refractivity contribution in [1.29, 1.82) is 5.26 Å². The monoisotopic (exact) mass is 343 g/mol. The van der Waals surface area contributed by atoms with E-state index in [2.05, 4.69) is 0 Å². The van der Waals surface area contributed by atoms with E-state index in [1.165, 1.54) is 36.4 Å². The molecule has 0 radical (unpaired) electrons. The Balaban J connectivity index is 2.08. The van der Waals surface area contributed by atoms with Crippen LogP contribution in [0.25, 0.3) is 0 Å². The van der Waals surface area contributed by atoms with Crippen LogP contribution in [0.4, 0.5) is 4.39 Å². The van der Waals surface area contributed by atoms with Crippen LogP contribution in [0.15, 0.2) is 53.4 Å². The number of aryl methyl sites for hydroxylation is 1. The molecule has 1 saturated carbocycles. The van der Waals surface area contributed by atoms with Crippen LogP contribution in [0.2, 0.25) is 0 Å². The van der Waals surface area contributed by atoms with Crippen LogP contribution in [0.3, 0.4) is 0 Å². The molecule has 0 bridgehead atoms. The fourth-order valence-electron chi connectivity index (χ4n) is 3.11. The van der Waals surface area contributed by atoms with Crippen molar-refractivity contribution in [2.24, 2.45) is 5.41 Å². The molecule has 122 valence electrons. The summed E-state index contributed by atoms with van der Waals surface area (Å²) in [5, 5.41) is 8.28. The van der Waals surface area contributed by atoms with Crippen LogP contribution in [0.1, 0.15) is 17.0 Å². The fourth-order valence-corrected chi connectivity index (χ4v) is 5.34. The number of halogens is 1. The molecule has 0 heterocycles. The molecule has 0 saturated heterocycles. The largest absolute Gasteiger partial charge is 0.302 e. The van der Waals surface area contributed by atoms with E-state index in [0.717, 1.165) is 5.56 Å². The number of benzene rings is 2. The lowest BCUT2D eigenvalue weighted by Gasteiger charge is -2.05. The van der Waals surface area contributed by atoms with Crippen molar-refractivity contribution in [3.05, 3.63) is 65.5 Å². The summed E-state index contributed by atoms with van der Waals surface area (Å²) in [6.07, 6.45) is 0.400. The topological polar surface area (TPSA) is 75.0 Å². The third-order valence-electron chi connectivity index (χ3n) is 4.48. The van der Waals surface area contributed by atoms with Crippen molar-refractivity contribution in [1.82, 2.24) is 0 Å². The van der Waals surface area contributed by atoms with E-state index in [1.807, 2.05) is 13.0 Å². The molecular formula is C18H14FNO3S. The minimum absolute atomic E-state index is 0.0733. The van der Waals surface area contributed by atoms with Gasteiger partial charge in [0.25, 0.3) is 0 Å². The second-order valence-electron chi connectivity index (χ2n) is 5.97. The number of rotatable bonds is 4. The first-order valence-electron chi connectivity index (χ1n) is 7.30. The van der Waals surface area contributed by atoms with Crippen LogP contribution >= 0.6 is 0 Å². The Morgan fingerprint density at radius 2 is 1.71 bits per heavy atom. The van der Waals surface area contributed by atoms with E-state index in [1.54, 1.807) is 12.1 Å². The van der Waals surface area contributed by atoms with Crippen molar-refractivity contribution in [2.75, 3.05) is 0 Å². The Labute approximate surface area is 139 Å². The lowest BCUT2D eigenvalue weighted by Crippen LogP contribution is -2.16. The molecule has 6 heteroatoms. The van der Waals surface area contributed by atoms with Gasteiger partial charge < -0.3 is 4.79 Å². The molecule has 2 aromatic carbocycles. The van der Waals surface area contributed by atoms with E-state index in [-0.39, 0.29) is 4.90 Å². The van der Waals surface area contributed by atoms with Gasteiger partial charge >= 0.3 is 0 Å². The van der Waals surface area contributed by atoms with E-state index < -0.39 is 32.2 Å². The molecule has 0 unspecified atom stereocenters. The molecular weight excluding hydrogens is 329 g/mol. The van der Waals surface area contributed by atoms with Gasteiger partial charge in [0, 0.05) is 5.92 Å². The average Bonchev–Trinajstić information content (AvgIpc) is 3.26. The van der Waals surface area contributed by atoms with Crippen molar-refractivity contribution in [3.8, 4) is 6.07 Å². The Morgan fingerprint density at radius 3 is 2.21 bits per heavy atom. The summed E-state index contributed by atoms with van der Waals surface area (Å²) in [5.74, 6) is -1.27.